The van der Waals surface area contributed by atoms with Crippen LogP contribution in [0.3, 0.4) is 0 Å². The maximum absolute atomic E-state index is 13.4. The van der Waals surface area contributed by atoms with Gasteiger partial charge in [0.2, 0.25) is 5.90 Å². The second-order valence-electron chi connectivity index (χ2n) is 8.16. The van der Waals surface area contributed by atoms with Gasteiger partial charge in [-0.25, -0.2) is 9.38 Å². The van der Waals surface area contributed by atoms with E-state index in [4.69, 9.17) is 19.6 Å². The van der Waals surface area contributed by atoms with E-state index in [1.165, 1.54) is 12.1 Å². The fourth-order valence-electron chi connectivity index (χ4n) is 3.71. The van der Waals surface area contributed by atoms with Crippen LogP contribution in [0.4, 0.5) is 4.39 Å². The number of carbonyl (C=O) groups is 1. The predicted molar refractivity (Wildman–Crippen MR) is 127 cm³/mol. The van der Waals surface area contributed by atoms with E-state index in [1.807, 2.05) is 54.6 Å². The number of aliphatic hydroxyl groups excluding tert-OH is 1. The molecule has 0 aromatic heterocycles. The second-order valence-corrected chi connectivity index (χ2v) is 8.16. The molecule has 6 nitrogen and oxygen atoms in total. The highest BCUT2D eigenvalue weighted by molar-refractivity contribution is 6.00. The predicted octanol–water partition coefficient (Wildman–Crippen LogP) is 3.66. The molecule has 1 aliphatic rings. The topological polar surface area (TPSA) is 80.2 Å². The lowest BCUT2D eigenvalue weighted by atomic mass is 9.91. The van der Waals surface area contributed by atoms with Gasteiger partial charge in [0, 0.05) is 31.6 Å². The van der Waals surface area contributed by atoms with E-state index in [0.29, 0.717) is 31.1 Å². The van der Waals surface area contributed by atoms with Gasteiger partial charge in [-0.3, -0.25) is 4.79 Å². The van der Waals surface area contributed by atoms with Crippen LogP contribution in [0.25, 0.3) is 0 Å². The number of nitrogens with zero attached hydrogens (tertiary/aromatic N) is 1. The van der Waals surface area contributed by atoms with Crippen molar-refractivity contribution in [2.24, 2.45) is 4.99 Å². The molecule has 0 fully saturated rings. The highest BCUT2D eigenvalue weighted by Gasteiger charge is 2.44. The summed E-state index contributed by atoms with van der Waals surface area (Å²) in [5, 5.41) is 11.8. The molecule has 1 amide bonds. The zero-order chi connectivity index (χ0) is 23.8. The van der Waals surface area contributed by atoms with Crippen molar-refractivity contribution in [1.82, 2.24) is 5.32 Å². The third-order valence-corrected chi connectivity index (χ3v) is 5.56. The summed E-state index contributed by atoms with van der Waals surface area (Å²) in [6, 6.07) is 23.0. The van der Waals surface area contributed by atoms with E-state index in [0.717, 1.165) is 16.7 Å². The van der Waals surface area contributed by atoms with Crippen LogP contribution in [-0.4, -0.2) is 42.3 Å². The average molecular weight is 463 g/mol. The van der Waals surface area contributed by atoms with Crippen LogP contribution in [0, 0.1) is 5.82 Å². The van der Waals surface area contributed by atoms with Gasteiger partial charge in [-0.2, -0.15) is 0 Å². The minimum absolute atomic E-state index is 0.0788. The van der Waals surface area contributed by atoms with Crippen molar-refractivity contribution in [1.29, 1.82) is 0 Å². The maximum Gasteiger partial charge on any atom is 0.252 e. The van der Waals surface area contributed by atoms with Gasteiger partial charge in [0.25, 0.3) is 5.91 Å². The zero-order valence-corrected chi connectivity index (χ0v) is 18.7. The van der Waals surface area contributed by atoms with Crippen LogP contribution in [-0.2, 0) is 22.5 Å². The lowest BCUT2D eigenvalue weighted by molar-refractivity contribution is -0.126. The molecule has 4 rings (SSSR count). The van der Waals surface area contributed by atoms with Crippen molar-refractivity contribution in [2.75, 3.05) is 19.8 Å². The molecule has 0 bridgehead atoms. The number of benzene rings is 3. The molecule has 0 aliphatic carbocycles. The van der Waals surface area contributed by atoms with Gasteiger partial charge in [-0.05, 0) is 47.5 Å². The lowest BCUT2D eigenvalue weighted by Crippen LogP contribution is -2.48. The largest absolute Gasteiger partial charge is 0.494 e. The van der Waals surface area contributed by atoms with Crippen molar-refractivity contribution in [3.8, 4) is 5.75 Å². The Morgan fingerprint density at radius 1 is 1.03 bits per heavy atom. The molecule has 0 saturated carbocycles. The number of nitrogens with one attached hydrogen (secondary N) is 1. The highest BCUT2D eigenvalue weighted by atomic mass is 19.1. The normalized spacial score (nSPS) is 17.1. The van der Waals surface area contributed by atoms with Crippen molar-refractivity contribution >= 4 is 11.8 Å². The Kier molecular flexibility index (Phi) is 7.54. The molecule has 1 atom stereocenters. The molecule has 2 N–H and O–H groups in total. The molecule has 0 spiro atoms. The van der Waals surface area contributed by atoms with Crippen LogP contribution >= 0.6 is 0 Å². The molecule has 0 radical (unpaired) electrons. The Bertz CT molecular complexity index is 1120. The average Bonchev–Trinajstić information content (AvgIpc) is 3.30. The Morgan fingerprint density at radius 3 is 2.47 bits per heavy atom. The van der Waals surface area contributed by atoms with Crippen LogP contribution in [0.1, 0.15) is 23.1 Å². The van der Waals surface area contributed by atoms with E-state index in [-0.39, 0.29) is 31.5 Å². The quantitative estimate of drug-likeness (QED) is 0.451. The molecule has 1 aliphatic heterocycles. The molecule has 1 heterocycles. The summed E-state index contributed by atoms with van der Waals surface area (Å²) in [5.41, 5.74) is 1.40. The molecule has 0 saturated heterocycles. The number of ether oxygens (including phenoxy) is 2. The summed E-state index contributed by atoms with van der Waals surface area (Å²) in [6.45, 7) is 0.888. The van der Waals surface area contributed by atoms with Gasteiger partial charge < -0.3 is 19.9 Å². The molecular formula is C27H27FN2O4. The summed E-state index contributed by atoms with van der Waals surface area (Å²) in [7, 11) is 0. The molecule has 176 valence electrons. The number of rotatable bonds is 10. The van der Waals surface area contributed by atoms with E-state index in [1.54, 1.807) is 12.1 Å². The summed E-state index contributed by atoms with van der Waals surface area (Å²) in [5.74, 6) is 0.511. The first-order chi connectivity index (χ1) is 16.6. The van der Waals surface area contributed by atoms with Gasteiger partial charge in [0.1, 0.15) is 18.2 Å². The first kappa shape index (κ1) is 23.4. The first-order valence-electron chi connectivity index (χ1n) is 11.2. The smallest absolute Gasteiger partial charge is 0.252 e. The Hall–Kier alpha value is -3.71. The summed E-state index contributed by atoms with van der Waals surface area (Å²) in [6.07, 6.45) is 0.946. The maximum atomic E-state index is 13.4. The lowest BCUT2D eigenvalue weighted by Gasteiger charge is -2.23. The SMILES string of the molecule is O=C(NCc1ccc(F)cc1)[C@@]1(Cc2ccccc2)COC(c2ccc(OCCCO)cc2)=N1. The van der Waals surface area contributed by atoms with Crippen LogP contribution in [0.5, 0.6) is 5.75 Å². The van der Waals surface area contributed by atoms with E-state index >= 15 is 0 Å². The third kappa shape index (κ3) is 5.80. The third-order valence-electron chi connectivity index (χ3n) is 5.56. The Labute approximate surface area is 198 Å². The fourth-order valence-corrected chi connectivity index (χ4v) is 3.71. The number of carbonyl (C=O) groups excluding carboxylic acids is 1. The van der Waals surface area contributed by atoms with Crippen LogP contribution in [0.2, 0.25) is 0 Å². The molecule has 3 aromatic carbocycles. The van der Waals surface area contributed by atoms with Gasteiger partial charge in [0.05, 0.1) is 6.61 Å². The van der Waals surface area contributed by atoms with Crippen molar-refractivity contribution < 1.29 is 23.8 Å². The number of aliphatic imine (C=N–C) groups is 1. The first-order valence-corrected chi connectivity index (χ1v) is 11.2. The fraction of sp³-hybridized carbons (Fsp3) is 0.259. The molecular weight excluding hydrogens is 435 g/mol. The van der Waals surface area contributed by atoms with Crippen molar-refractivity contribution in [2.45, 2.75) is 24.9 Å². The zero-order valence-electron chi connectivity index (χ0n) is 18.7. The molecule has 7 heteroatoms. The van der Waals surface area contributed by atoms with E-state index in [9.17, 15) is 9.18 Å². The molecule has 0 unspecified atom stereocenters. The number of hydrogen-bond acceptors (Lipinski definition) is 5. The number of hydrogen-bond donors (Lipinski definition) is 2. The van der Waals surface area contributed by atoms with Gasteiger partial charge in [-0.15, -0.1) is 0 Å². The summed E-state index contributed by atoms with van der Waals surface area (Å²) < 4.78 is 24.7. The standard InChI is InChI=1S/C27H27FN2O4/c28-23-11-7-21(8-12-23)18-29-26(32)27(17-20-5-2-1-3-6-20)19-34-25(30-27)22-9-13-24(14-10-22)33-16-4-15-31/h1-3,5-14,31H,4,15-19H2,(H,29,32)/t27-/m1/s1. The monoisotopic (exact) mass is 462 g/mol. The van der Waals surface area contributed by atoms with Gasteiger partial charge in [-0.1, -0.05) is 42.5 Å². The molecule has 34 heavy (non-hydrogen) atoms. The van der Waals surface area contributed by atoms with E-state index < -0.39 is 5.54 Å². The number of aliphatic hydroxyl groups is 1. The Balaban J connectivity index is 1.53. The van der Waals surface area contributed by atoms with Gasteiger partial charge >= 0.3 is 0 Å². The minimum atomic E-state index is -1.12. The second kappa shape index (κ2) is 10.9. The number of halogens is 1. The molecule has 3 aromatic rings. The number of amides is 1. The van der Waals surface area contributed by atoms with Gasteiger partial charge in [0.15, 0.2) is 5.54 Å². The van der Waals surface area contributed by atoms with Crippen LogP contribution < -0.4 is 10.1 Å². The highest BCUT2D eigenvalue weighted by Crippen LogP contribution is 2.28. The Morgan fingerprint density at radius 2 is 1.76 bits per heavy atom. The van der Waals surface area contributed by atoms with E-state index in [2.05, 4.69) is 5.32 Å². The summed E-state index contributed by atoms with van der Waals surface area (Å²) >= 11 is 0. The minimum Gasteiger partial charge on any atom is -0.494 e. The summed E-state index contributed by atoms with van der Waals surface area (Å²) in [4.78, 5) is 18.1. The van der Waals surface area contributed by atoms with Crippen molar-refractivity contribution in [3.05, 3.63) is 101 Å². The van der Waals surface area contributed by atoms with Crippen molar-refractivity contribution in [3.63, 3.8) is 0 Å². The van der Waals surface area contributed by atoms with Crippen LogP contribution in [0.15, 0.2) is 83.9 Å².